The van der Waals surface area contributed by atoms with E-state index in [1.165, 1.54) is 0 Å². The Morgan fingerprint density at radius 1 is 1.24 bits per heavy atom. The van der Waals surface area contributed by atoms with E-state index in [1.54, 1.807) is 13.8 Å². The second-order valence-corrected chi connectivity index (χ2v) is 4.69. The molecule has 0 aliphatic heterocycles. The van der Waals surface area contributed by atoms with Crippen LogP contribution in [0.4, 0.5) is 18.9 Å². The molecule has 1 amide bonds. The largest absolute Gasteiger partial charge is 0.478 e. The van der Waals surface area contributed by atoms with Crippen molar-refractivity contribution in [3.8, 4) is 0 Å². The molecular formula is C13H15F3N2O3. The molecule has 0 atom stereocenters. The molecule has 1 aromatic carbocycles. The molecule has 5 nitrogen and oxygen atoms in total. The summed E-state index contributed by atoms with van der Waals surface area (Å²) in [4.78, 5) is 22.4. The Bertz CT molecular complexity index is 542. The summed E-state index contributed by atoms with van der Waals surface area (Å²) in [6.45, 7) is 3.52. The minimum absolute atomic E-state index is 0.0341. The molecule has 0 bridgehead atoms. The molecule has 0 aromatic heterocycles. The number of carbonyl (C=O) groups excluding carboxylic acids is 1. The van der Waals surface area contributed by atoms with Gasteiger partial charge in [0.15, 0.2) is 0 Å². The summed E-state index contributed by atoms with van der Waals surface area (Å²) in [6.07, 6.45) is -4.69. The number of nitrogens with one attached hydrogen (secondary N) is 2. The summed E-state index contributed by atoms with van der Waals surface area (Å²) in [5, 5.41) is 13.9. The van der Waals surface area contributed by atoms with Crippen molar-refractivity contribution in [1.82, 2.24) is 5.32 Å². The van der Waals surface area contributed by atoms with Crippen LogP contribution in [0, 0.1) is 0 Å². The van der Waals surface area contributed by atoms with E-state index in [-0.39, 0.29) is 18.3 Å². The Hall–Kier alpha value is -2.09. The molecule has 0 fully saturated rings. The molecule has 0 heterocycles. The molecule has 1 aromatic rings. The van der Waals surface area contributed by atoms with Crippen LogP contribution in [0.15, 0.2) is 18.2 Å². The smallest absolute Gasteiger partial charge is 0.416 e. The predicted molar refractivity (Wildman–Crippen MR) is 70.2 cm³/mol. The van der Waals surface area contributed by atoms with E-state index in [1.807, 2.05) is 0 Å². The van der Waals surface area contributed by atoms with Crippen LogP contribution in [-0.4, -0.2) is 29.6 Å². The summed E-state index contributed by atoms with van der Waals surface area (Å²) in [7, 11) is 0. The van der Waals surface area contributed by atoms with E-state index in [0.29, 0.717) is 12.1 Å². The SMILES string of the molecule is CC(C)NCC(=O)Nc1cc(C(=O)O)cc(C(F)(F)F)c1. The number of hydrogen-bond donors (Lipinski definition) is 3. The molecule has 0 aliphatic rings. The molecular weight excluding hydrogens is 289 g/mol. The fourth-order valence-corrected chi connectivity index (χ4v) is 1.49. The second-order valence-electron chi connectivity index (χ2n) is 4.69. The Labute approximate surface area is 119 Å². The van der Waals surface area contributed by atoms with Crippen LogP contribution in [0.2, 0.25) is 0 Å². The average Bonchev–Trinajstić information content (AvgIpc) is 2.34. The predicted octanol–water partition coefficient (Wildman–Crippen LogP) is 2.34. The maximum absolute atomic E-state index is 12.7. The van der Waals surface area contributed by atoms with Crippen LogP contribution >= 0.6 is 0 Å². The van der Waals surface area contributed by atoms with Crippen LogP contribution in [0.25, 0.3) is 0 Å². The van der Waals surface area contributed by atoms with Crippen molar-refractivity contribution in [2.75, 3.05) is 11.9 Å². The Morgan fingerprint density at radius 2 is 1.86 bits per heavy atom. The van der Waals surface area contributed by atoms with Crippen LogP contribution in [0.3, 0.4) is 0 Å². The average molecular weight is 304 g/mol. The normalized spacial score (nSPS) is 11.5. The third-order valence-corrected chi connectivity index (χ3v) is 2.46. The number of rotatable bonds is 5. The van der Waals surface area contributed by atoms with Crippen LogP contribution in [0.5, 0.6) is 0 Å². The van der Waals surface area contributed by atoms with E-state index < -0.39 is 29.2 Å². The molecule has 0 unspecified atom stereocenters. The van der Waals surface area contributed by atoms with E-state index in [0.717, 1.165) is 6.07 Å². The number of halogens is 3. The Kier molecular flexibility index (Phi) is 5.31. The van der Waals surface area contributed by atoms with Crippen molar-refractivity contribution in [2.45, 2.75) is 26.1 Å². The zero-order valence-electron chi connectivity index (χ0n) is 11.4. The number of hydrogen-bond acceptors (Lipinski definition) is 3. The number of carboxylic acids is 1. The van der Waals surface area contributed by atoms with E-state index in [2.05, 4.69) is 10.6 Å². The van der Waals surface area contributed by atoms with Gasteiger partial charge in [0.1, 0.15) is 0 Å². The molecule has 0 spiro atoms. The van der Waals surface area contributed by atoms with Gasteiger partial charge in [0.05, 0.1) is 17.7 Å². The van der Waals surface area contributed by atoms with Gasteiger partial charge in [-0.1, -0.05) is 13.8 Å². The van der Waals surface area contributed by atoms with Gasteiger partial charge < -0.3 is 15.7 Å². The zero-order chi connectivity index (χ0) is 16.2. The van der Waals surface area contributed by atoms with Crippen LogP contribution in [0.1, 0.15) is 29.8 Å². The fourth-order valence-electron chi connectivity index (χ4n) is 1.49. The maximum Gasteiger partial charge on any atom is 0.416 e. The number of benzene rings is 1. The van der Waals surface area contributed by atoms with Gasteiger partial charge in [-0.2, -0.15) is 13.2 Å². The third kappa shape index (κ3) is 5.42. The van der Waals surface area contributed by atoms with E-state index in [4.69, 9.17) is 5.11 Å². The van der Waals surface area contributed by atoms with Crippen molar-refractivity contribution in [1.29, 1.82) is 0 Å². The van der Waals surface area contributed by atoms with Gasteiger partial charge in [-0.25, -0.2) is 4.79 Å². The molecule has 116 valence electrons. The number of alkyl halides is 3. The maximum atomic E-state index is 12.7. The lowest BCUT2D eigenvalue weighted by Gasteiger charge is -2.12. The standard InChI is InChI=1S/C13H15F3N2O3/c1-7(2)17-6-11(19)18-10-4-8(12(20)21)3-9(5-10)13(14,15)16/h3-5,7,17H,6H2,1-2H3,(H,18,19)(H,20,21). The first-order valence-electron chi connectivity index (χ1n) is 6.08. The quantitative estimate of drug-likeness (QED) is 0.780. The molecule has 0 saturated carbocycles. The molecule has 0 radical (unpaired) electrons. The highest BCUT2D eigenvalue weighted by atomic mass is 19.4. The number of carboxylic acid groups (broad SMARTS) is 1. The highest BCUT2D eigenvalue weighted by molar-refractivity contribution is 5.95. The summed E-state index contributed by atoms with van der Waals surface area (Å²) in [6, 6.07) is 2.22. The summed E-state index contributed by atoms with van der Waals surface area (Å²) >= 11 is 0. The van der Waals surface area contributed by atoms with Crippen molar-refractivity contribution in [3.63, 3.8) is 0 Å². The lowest BCUT2D eigenvalue weighted by atomic mass is 10.1. The topological polar surface area (TPSA) is 78.4 Å². The number of anilines is 1. The zero-order valence-corrected chi connectivity index (χ0v) is 11.4. The summed E-state index contributed by atoms with van der Waals surface area (Å²) in [5.74, 6) is -2.06. The highest BCUT2D eigenvalue weighted by Gasteiger charge is 2.32. The highest BCUT2D eigenvalue weighted by Crippen LogP contribution is 2.32. The summed E-state index contributed by atoms with van der Waals surface area (Å²) < 4.78 is 38.1. The van der Waals surface area contributed by atoms with Gasteiger partial charge in [0, 0.05) is 11.7 Å². The first kappa shape index (κ1) is 17.0. The molecule has 21 heavy (non-hydrogen) atoms. The van der Waals surface area contributed by atoms with Crippen LogP contribution in [-0.2, 0) is 11.0 Å². The number of amides is 1. The third-order valence-electron chi connectivity index (χ3n) is 2.46. The van der Waals surface area contributed by atoms with Gasteiger partial charge in [0.25, 0.3) is 0 Å². The van der Waals surface area contributed by atoms with E-state index >= 15 is 0 Å². The second kappa shape index (κ2) is 6.57. The Balaban J connectivity index is 2.98. The minimum atomic E-state index is -4.69. The van der Waals surface area contributed by atoms with Gasteiger partial charge in [-0.15, -0.1) is 0 Å². The van der Waals surface area contributed by atoms with Gasteiger partial charge >= 0.3 is 12.1 Å². The monoisotopic (exact) mass is 304 g/mol. The molecule has 0 saturated heterocycles. The van der Waals surface area contributed by atoms with Crippen molar-refractivity contribution >= 4 is 17.6 Å². The summed E-state index contributed by atoms with van der Waals surface area (Å²) in [5.41, 5.74) is -1.88. The van der Waals surface area contributed by atoms with Crippen molar-refractivity contribution in [2.24, 2.45) is 0 Å². The molecule has 0 aliphatic carbocycles. The van der Waals surface area contributed by atoms with Crippen molar-refractivity contribution in [3.05, 3.63) is 29.3 Å². The number of carbonyl (C=O) groups is 2. The van der Waals surface area contributed by atoms with Gasteiger partial charge in [-0.05, 0) is 18.2 Å². The van der Waals surface area contributed by atoms with Crippen LogP contribution < -0.4 is 10.6 Å². The van der Waals surface area contributed by atoms with Gasteiger partial charge in [0.2, 0.25) is 5.91 Å². The first-order chi connectivity index (χ1) is 9.59. The lowest BCUT2D eigenvalue weighted by molar-refractivity contribution is -0.137. The molecule has 1 rings (SSSR count). The first-order valence-corrected chi connectivity index (χ1v) is 6.08. The van der Waals surface area contributed by atoms with E-state index in [9.17, 15) is 22.8 Å². The van der Waals surface area contributed by atoms with Gasteiger partial charge in [-0.3, -0.25) is 4.79 Å². The molecule has 3 N–H and O–H groups in total. The minimum Gasteiger partial charge on any atom is -0.478 e. The molecule has 8 heteroatoms. The lowest BCUT2D eigenvalue weighted by Crippen LogP contribution is -2.32. The number of aromatic carboxylic acids is 1. The van der Waals surface area contributed by atoms with Crippen molar-refractivity contribution < 1.29 is 27.9 Å². The Morgan fingerprint density at radius 3 is 2.33 bits per heavy atom. The fraction of sp³-hybridized carbons (Fsp3) is 0.385.